The van der Waals surface area contributed by atoms with Crippen molar-refractivity contribution in [2.75, 3.05) is 26.7 Å². The molecule has 0 amide bonds. The number of likely N-dealkylation sites (tertiary alicyclic amines) is 1. The van der Waals surface area contributed by atoms with E-state index in [-0.39, 0.29) is 5.92 Å². The Morgan fingerprint density at radius 2 is 2.12 bits per heavy atom. The summed E-state index contributed by atoms with van der Waals surface area (Å²) in [5.74, 6) is 2.88. The Balaban J connectivity index is 1.57. The van der Waals surface area contributed by atoms with Crippen molar-refractivity contribution in [3.05, 3.63) is 34.2 Å². The molecule has 25 heavy (non-hydrogen) atoms. The monoisotopic (exact) mass is 339 g/mol. The van der Waals surface area contributed by atoms with Crippen LogP contribution in [-0.2, 0) is 4.74 Å². The van der Waals surface area contributed by atoms with Crippen molar-refractivity contribution >= 4 is 17.6 Å². The highest BCUT2D eigenvalue weighted by atomic mass is 16.5. The normalized spacial score (nSPS) is 26.7. The van der Waals surface area contributed by atoms with Gasteiger partial charge >= 0.3 is 0 Å². The number of hydrogen-bond donors (Lipinski definition) is 0. The molecule has 0 bridgehead atoms. The fraction of sp³-hybridized carbons (Fsp3) is 0.591. The van der Waals surface area contributed by atoms with Crippen LogP contribution >= 0.6 is 0 Å². The van der Waals surface area contributed by atoms with Gasteiger partial charge in [-0.15, -0.1) is 0 Å². The van der Waals surface area contributed by atoms with Crippen LogP contribution in [0.2, 0.25) is 0 Å². The number of benzene rings is 1. The minimum Gasteiger partial charge on any atom is -0.500 e. The number of piperidine rings is 1. The van der Waals surface area contributed by atoms with Crippen molar-refractivity contribution in [3.8, 4) is 0 Å². The predicted molar refractivity (Wildman–Crippen MR) is 101 cm³/mol. The van der Waals surface area contributed by atoms with Crippen LogP contribution in [0.5, 0.6) is 0 Å². The molecule has 1 saturated carbocycles. The van der Waals surface area contributed by atoms with Crippen LogP contribution in [0.1, 0.15) is 49.4 Å². The lowest BCUT2D eigenvalue weighted by atomic mass is 9.81. The molecule has 0 spiro atoms. The summed E-state index contributed by atoms with van der Waals surface area (Å²) >= 11 is 0. The van der Waals surface area contributed by atoms with Gasteiger partial charge in [0.25, 0.3) is 0 Å². The number of carbonyl (C=O) groups excluding carboxylic acids is 1. The third-order valence-corrected chi connectivity index (χ3v) is 6.21. The molecule has 0 N–H and O–H groups in total. The Morgan fingerprint density at radius 1 is 1.28 bits per heavy atom. The molecule has 0 aromatic heterocycles. The maximum absolute atomic E-state index is 13.2. The number of carbonyl (C=O) groups is 1. The second-order valence-electron chi connectivity index (χ2n) is 8.11. The van der Waals surface area contributed by atoms with E-state index in [1.165, 1.54) is 19.4 Å². The Bertz CT molecular complexity index is 778. The molecule has 2 fully saturated rings. The Hall–Kier alpha value is -1.61. The summed E-state index contributed by atoms with van der Waals surface area (Å²) in [6.07, 6.45) is 8.07. The second kappa shape index (κ2) is 6.95. The lowest BCUT2D eigenvalue weighted by molar-refractivity contribution is 0.0711. The molecule has 2 aliphatic carbocycles. The lowest BCUT2D eigenvalue weighted by Gasteiger charge is -2.36. The van der Waals surface area contributed by atoms with Crippen LogP contribution in [0, 0.1) is 17.8 Å². The van der Waals surface area contributed by atoms with Crippen LogP contribution in [0.15, 0.2) is 18.2 Å². The van der Waals surface area contributed by atoms with Gasteiger partial charge in [0, 0.05) is 36.2 Å². The van der Waals surface area contributed by atoms with E-state index in [1.807, 2.05) is 6.07 Å². The molecule has 1 saturated heterocycles. The van der Waals surface area contributed by atoms with Crippen LogP contribution < -0.4 is 10.4 Å². The van der Waals surface area contributed by atoms with E-state index in [2.05, 4.69) is 30.0 Å². The molecule has 2 atom stereocenters. The number of methoxy groups -OCH3 is 1. The Morgan fingerprint density at radius 3 is 2.88 bits per heavy atom. The van der Waals surface area contributed by atoms with Crippen molar-refractivity contribution in [1.82, 2.24) is 4.90 Å². The average Bonchev–Trinajstić information content (AvgIpc) is 3.45. The zero-order valence-corrected chi connectivity index (χ0v) is 15.5. The number of rotatable bonds is 5. The molecular weight excluding hydrogens is 310 g/mol. The van der Waals surface area contributed by atoms with Gasteiger partial charge in [-0.05, 0) is 55.3 Å². The zero-order valence-electron chi connectivity index (χ0n) is 15.5. The van der Waals surface area contributed by atoms with Crippen molar-refractivity contribution in [2.45, 2.75) is 39.0 Å². The smallest absolute Gasteiger partial charge is 0.167 e. The summed E-state index contributed by atoms with van der Waals surface area (Å²) in [5, 5.41) is 2.31. The van der Waals surface area contributed by atoms with Crippen molar-refractivity contribution < 1.29 is 9.53 Å². The fourth-order valence-electron chi connectivity index (χ4n) is 4.37. The SMILES string of the molecule is COC1=c2ccc(C(=O)[C@@H]3CN(CC4CC4)CC[C@@H]3C)cc2=CCC1. The van der Waals surface area contributed by atoms with Crippen molar-refractivity contribution in [3.63, 3.8) is 0 Å². The van der Waals surface area contributed by atoms with Gasteiger partial charge in [0.1, 0.15) is 5.76 Å². The zero-order chi connectivity index (χ0) is 17.4. The molecule has 1 aromatic rings. The summed E-state index contributed by atoms with van der Waals surface area (Å²) in [6, 6.07) is 6.17. The minimum atomic E-state index is 0.139. The van der Waals surface area contributed by atoms with Gasteiger partial charge in [-0.2, -0.15) is 0 Å². The first-order valence-corrected chi connectivity index (χ1v) is 9.79. The molecule has 1 heterocycles. The molecule has 0 unspecified atom stereocenters. The fourth-order valence-corrected chi connectivity index (χ4v) is 4.37. The highest BCUT2D eigenvalue weighted by Crippen LogP contribution is 2.33. The summed E-state index contributed by atoms with van der Waals surface area (Å²) in [6.45, 7) is 5.54. The first-order valence-electron chi connectivity index (χ1n) is 9.79. The summed E-state index contributed by atoms with van der Waals surface area (Å²) in [5.41, 5.74) is 0.873. The largest absolute Gasteiger partial charge is 0.500 e. The van der Waals surface area contributed by atoms with E-state index in [0.29, 0.717) is 11.7 Å². The topological polar surface area (TPSA) is 29.5 Å². The average molecular weight is 339 g/mol. The first-order chi connectivity index (χ1) is 12.2. The highest BCUT2D eigenvalue weighted by molar-refractivity contribution is 5.98. The van der Waals surface area contributed by atoms with Gasteiger partial charge in [0.15, 0.2) is 5.78 Å². The molecule has 3 aliphatic rings. The quantitative estimate of drug-likeness (QED) is 0.772. The van der Waals surface area contributed by atoms with Gasteiger partial charge in [-0.25, -0.2) is 0 Å². The number of fused-ring (bicyclic) bond motifs is 1. The van der Waals surface area contributed by atoms with Crippen LogP contribution in [0.3, 0.4) is 0 Å². The number of ketones is 1. The number of hydrogen-bond acceptors (Lipinski definition) is 3. The van der Waals surface area contributed by atoms with E-state index < -0.39 is 0 Å². The van der Waals surface area contributed by atoms with E-state index >= 15 is 0 Å². The van der Waals surface area contributed by atoms with Gasteiger partial charge in [-0.1, -0.05) is 25.1 Å². The van der Waals surface area contributed by atoms with Crippen LogP contribution in [0.4, 0.5) is 0 Å². The number of Topliss-reactive ketones (excluding diaryl/α,β-unsaturated/α-hetero) is 1. The molecule has 3 nitrogen and oxygen atoms in total. The van der Waals surface area contributed by atoms with Crippen molar-refractivity contribution in [1.29, 1.82) is 0 Å². The molecule has 4 rings (SSSR count). The standard InChI is InChI=1S/C22H29NO2/c1-15-10-11-23(13-16-6-7-16)14-20(15)22(24)18-8-9-19-17(12-18)4-3-5-21(19)25-2/h4,8-9,12,15-16,20H,3,5-7,10-11,13-14H2,1-2H3/t15-,20+/m0/s1. The van der Waals surface area contributed by atoms with Crippen molar-refractivity contribution in [2.24, 2.45) is 17.8 Å². The summed E-state index contributed by atoms with van der Waals surface area (Å²) < 4.78 is 5.51. The highest BCUT2D eigenvalue weighted by Gasteiger charge is 2.34. The second-order valence-corrected chi connectivity index (χ2v) is 8.11. The van der Waals surface area contributed by atoms with E-state index in [4.69, 9.17) is 4.74 Å². The predicted octanol–water partition coefficient (Wildman–Crippen LogP) is 2.57. The maximum Gasteiger partial charge on any atom is 0.167 e. The Labute approximate surface area is 150 Å². The van der Waals surface area contributed by atoms with Crippen LogP contribution in [0.25, 0.3) is 11.8 Å². The molecule has 134 valence electrons. The lowest BCUT2D eigenvalue weighted by Crippen LogP contribution is -2.44. The third kappa shape index (κ3) is 3.52. The number of nitrogens with zero attached hydrogens (tertiary/aromatic N) is 1. The summed E-state index contributed by atoms with van der Waals surface area (Å²) in [4.78, 5) is 15.7. The molecule has 3 heteroatoms. The molecular formula is C22H29NO2. The third-order valence-electron chi connectivity index (χ3n) is 6.21. The van der Waals surface area contributed by atoms with E-state index in [9.17, 15) is 4.79 Å². The first kappa shape index (κ1) is 16.8. The van der Waals surface area contributed by atoms with Gasteiger partial charge in [-0.3, -0.25) is 4.79 Å². The summed E-state index contributed by atoms with van der Waals surface area (Å²) in [7, 11) is 1.74. The maximum atomic E-state index is 13.2. The number of ether oxygens (including phenoxy) is 1. The van der Waals surface area contributed by atoms with Gasteiger partial charge in [0.2, 0.25) is 0 Å². The van der Waals surface area contributed by atoms with E-state index in [1.54, 1.807) is 7.11 Å². The van der Waals surface area contributed by atoms with Gasteiger partial charge in [0.05, 0.1) is 7.11 Å². The Kier molecular flexibility index (Phi) is 4.68. The minimum absolute atomic E-state index is 0.139. The molecule has 1 aliphatic heterocycles. The molecule has 0 radical (unpaired) electrons. The molecule has 1 aromatic carbocycles. The van der Waals surface area contributed by atoms with Crippen LogP contribution in [-0.4, -0.2) is 37.4 Å². The van der Waals surface area contributed by atoms with Gasteiger partial charge < -0.3 is 9.64 Å². The van der Waals surface area contributed by atoms with E-state index in [0.717, 1.165) is 60.0 Å².